The Bertz CT molecular complexity index is 365. The van der Waals surface area contributed by atoms with E-state index in [-0.39, 0.29) is 11.8 Å². The van der Waals surface area contributed by atoms with Gasteiger partial charge in [-0.3, -0.25) is 9.78 Å². The van der Waals surface area contributed by atoms with Crippen molar-refractivity contribution >= 4 is 11.6 Å². The summed E-state index contributed by atoms with van der Waals surface area (Å²) in [6, 6.07) is 3.66. The van der Waals surface area contributed by atoms with Crippen molar-refractivity contribution in [1.82, 2.24) is 4.98 Å². The molecule has 0 aliphatic rings. The summed E-state index contributed by atoms with van der Waals surface area (Å²) in [5.74, 6) is 0.941. The highest BCUT2D eigenvalue weighted by Crippen LogP contribution is 2.18. The summed E-state index contributed by atoms with van der Waals surface area (Å²) < 4.78 is 0. The molecule has 0 aliphatic heterocycles. The Morgan fingerprint density at radius 3 is 2.50 bits per heavy atom. The van der Waals surface area contributed by atoms with Crippen molar-refractivity contribution in [2.24, 2.45) is 17.6 Å². The van der Waals surface area contributed by atoms with Crippen LogP contribution in [0.5, 0.6) is 0 Å². The van der Waals surface area contributed by atoms with Crippen LogP contribution in [0.15, 0.2) is 24.5 Å². The van der Waals surface area contributed by atoms with E-state index in [0.717, 1.165) is 12.1 Å². The third kappa shape index (κ3) is 4.45. The summed E-state index contributed by atoms with van der Waals surface area (Å²) in [6.07, 6.45) is 4.88. The van der Waals surface area contributed by atoms with Gasteiger partial charge in [0.1, 0.15) is 0 Å². The van der Waals surface area contributed by atoms with Crippen LogP contribution in [0.1, 0.15) is 26.7 Å². The average molecular weight is 249 g/mol. The number of rotatable bonds is 6. The maximum Gasteiger partial charge on any atom is 0.227 e. The molecule has 0 saturated heterocycles. The van der Waals surface area contributed by atoms with E-state index in [1.807, 2.05) is 12.1 Å². The van der Waals surface area contributed by atoms with Crippen LogP contribution in [0.25, 0.3) is 0 Å². The molecule has 1 amide bonds. The molecular weight excluding hydrogens is 226 g/mol. The molecule has 0 aromatic carbocycles. The van der Waals surface area contributed by atoms with Gasteiger partial charge in [0, 0.05) is 31.5 Å². The number of hydrogen-bond donors (Lipinski definition) is 1. The number of nitrogens with zero attached hydrogens (tertiary/aromatic N) is 2. The van der Waals surface area contributed by atoms with Crippen LogP contribution in [-0.4, -0.2) is 24.5 Å². The highest BCUT2D eigenvalue weighted by Gasteiger charge is 2.17. The zero-order valence-electron chi connectivity index (χ0n) is 11.5. The van der Waals surface area contributed by atoms with Gasteiger partial charge in [0.25, 0.3) is 0 Å². The summed E-state index contributed by atoms with van der Waals surface area (Å²) >= 11 is 0. The van der Waals surface area contributed by atoms with E-state index in [9.17, 15) is 4.79 Å². The van der Waals surface area contributed by atoms with Crippen molar-refractivity contribution in [3.05, 3.63) is 24.5 Å². The molecule has 100 valence electrons. The zero-order chi connectivity index (χ0) is 13.5. The van der Waals surface area contributed by atoms with Gasteiger partial charge in [0.05, 0.1) is 0 Å². The smallest absolute Gasteiger partial charge is 0.227 e. The van der Waals surface area contributed by atoms with E-state index in [1.54, 1.807) is 24.3 Å². The zero-order valence-corrected chi connectivity index (χ0v) is 11.5. The Labute approximate surface area is 109 Å². The molecule has 1 atom stereocenters. The van der Waals surface area contributed by atoms with Crippen molar-refractivity contribution in [1.29, 1.82) is 0 Å². The molecule has 0 radical (unpaired) electrons. The topological polar surface area (TPSA) is 59.2 Å². The lowest BCUT2D eigenvalue weighted by Gasteiger charge is -2.21. The van der Waals surface area contributed by atoms with Crippen molar-refractivity contribution in [3.63, 3.8) is 0 Å². The first-order valence-electron chi connectivity index (χ1n) is 6.41. The molecule has 0 unspecified atom stereocenters. The second kappa shape index (κ2) is 7.11. The Balaban J connectivity index is 2.59. The quantitative estimate of drug-likeness (QED) is 0.839. The van der Waals surface area contributed by atoms with E-state index >= 15 is 0 Å². The third-order valence-electron chi connectivity index (χ3n) is 3.03. The highest BCUT2D eigenvalue weighted by atomic mass is 16.2. The first-order chi connectivity index (χ1) is 8.54. The first kappa shape index (κ1) is 14.6. The van der Waals surface area contributed by atoms with Gasteiger partial charge < -0.3 is 10.6 Å². The molecule has 4 nitrogen and oxygen atoms in total. The number of carbonyl (C=O) groups excluding carboxylic acids is 1. The van der Waals surface area contributed by atoms with Gasteiger partial charge in [0.15, 0.2) is 0 Å². The second-order valence-corrected chi connectivity index (χ2v) is 5.09. The van der Waals surface area contributed by atoms with Crippen molar-refractivity contribution in [2.45, 2.75) is 26.7 Å². The van der Waals surface area contributed by atoms with E-state index in [0.29, 0.717) is 18.9 Å². The number of carbonyl (C=O) groups is 1. The fourth-order valence-electron chi connectivity index (χ4n) is 2.03. The van der Waals surface area contributed by atoms with Crippen LogP contribution in [0.3, 0.4) is 0 Å². The summed E-state index contributed by atoms with van der Waals surface area (Å²) in [5, 5.41) is 0. The van der Waals surface area contributed by atoms with Gasteiger partial charge in [-0.1, -0.05) is 13.8 Å². The molecule has 0 saturated carbocycles. The number of aromatic nitrogens is 1. The average Bonchev–Trinajstić information content (AvgIpc) is 2.37. The van der Waals surface area contributed by atoms with E-state index in [1.165, 1.54) is 0 Å². The molecule has 4 heteroatoms. The Morgan fingerprint density at radius 2 is 2.00 bits per heavy atom. The van der Waals surface area contributed by atoms with Crippen molar-refractivity contribution in [2.75, 3.05) is 18.5 Å². The fraction of sp³-hybridized carbons (Fsp3) is 0.571. The monoisotopic (exact) mass is 249 g/mol. The number of anilines is 1. The van der Waals surface area contributed by atoms with E-state index in [4.69, 9.17) is 5.73 Å². The molecule has 1 rings (SSSR count). The summed E-state index contributed by atoms with van der Waals surface area (Å²) in [4.78, 5) is 17.8. The molecule has 2 N–H and O–H groups in total. The predicted molar refractivity (Wildman–Crippen MR) is 74.3 cm³/mol. The van der Waals surface area contributed by atoms with E-state index in [2.05, 4.69) is 18.8 Å². The van der Waals surface area contributed by atoms with Crippen molar-refractivity contribution < 1.29 is 4.79 Å². The Morgan fingerprint density at radius 1 is 1.39 bits per heavy atom. The third-order valence-corrected chi connectivity index (χ3v) is 3.03. The highest BCUT2D eigenvalue weighted by molar-refractivity contribution is 5.92. The lowest BCUT2D eigenvalue weighted by molar-refractivity contribution is -0.119. The molecule has 1 aromatic rings. The minimum absolute atomic E-state index is 0.109. The number of pyridine rings is 1. The number of nitrogens with two attached hydrogens (primary N) is 1. The normalized spacial score (nSPS) is 12.5. The van der Waals surface area contributed by atoms with E-state index < -0.39 is 0 Å². The van der Waals surface area contributed by atoms with Gasteiger partial charge in [0.2, 0.25) is 5.91 Å². The predicted octanol–water partition coefficient (Wildman–Crippen LogP) is 2.06. The SMILES string of the molecule is CC(C)C[C@H](CN)CC(=O)N(C)c1ccncc1. The number of amides is 1. The number of hydrogen-bond acceptors (Lipinski definition) is 3. The maximum atomic E-state index is 12.1. The van der Waals surface area contributed by atoms with Crippen LogP contribution in [0, 0.1) is 11.8 Å². The van der Waals surface area contributed by atoms with Crippen molar-refractivity contribution in [3.8, 4) is 0 Å². The lowest BCUT2D eigenvalue weighted by atomic mass is 9.94. The summed E-state index contributed by atoms with van der Waals surface area (Å²) in [5.41, 5.74) is 6.60. The van der Waals surface area contributed by atoms with Gasteiger partial charge in [-0.2, -0.15) is 0 Å². The van der Waals surface area contributed by atoms with Crippen LogP contribution in [0.4, 0.5) is 5.69 Å². The molecule has 1 aromatic heterocycles. The van der Waals surface area contributed by atoms with Gasteiger partial charge >= 0.3 is 0 Å². The molecule has 0 spiro atoms. The maximum absolute atomic E-state index is 12.1. The molecule has 1 heterocycles. The standard InChI is InChI=1S/C14H23N3O/c1-11(2)8-12(10-15)9-14(18)17(3)13-4-6-16-7-5-13/h4-7,11-12H,8-10,15H2,1-3H3/t12-/m0/s1. The lowest BCUT2D eigenvalue weighted by Crippen LogP contribution is -2.30. The first-order valence-corrected chi connectivity index (χ1v) is 6.41. The van der Waals surface area contributed by atoms with Crippen LogP contribution < -0.4 is 10.6 Å². The van der Waals surface area contributed by atoms with Crippen LogP contribution >= 0.6 is 0 Å². The fourth-order valence-corrected chi connectivity index (χ4v) is 2.03. The minimum atomic E-state index is 0.109. The molecule has 0 fully saturated rings. The molecule has 0 aliphatic carbocycles. The van der Waals surface area contributed by atoms with Gasteiger partial charge in [-0.15, -0.1) is 0 Å². The largest absolute Gasteiger partial charge is 0.330 e. The molecular formula is C14H23N3O. The summed E-state index contributed by atoms with van der Waals surface area (Å²) in [7, 11) is 1.79. The molecule has 18 heavy (non-hydrogen) atoms. The Kier molecular flexibility index (Phi) is 5.78. The van der Waals surface area contributed by atoms with Crippen LogP contribution in [0.2, 0.25) is 0 Å². The minimum Gasteiger partial charge on any atom is -0.330 e. The summed E-state index contributed by atoms with van der Waals surface area (Å²) in [6.45, 7) is 4.87. The van der Waals surface area contributed by atoms with Gasteiger partial charge in [-0.25, -0.2) is 0 Å². The van der Waals surface area contributed by atoms with Crippen LogP contribution in [-0.2, 0) is 4.79 Å². The molecule has 0 bridgehead atoms. The second-order valence-electron chi connectivity index (χ2n) is 5.09. The van der Waals surface area contributed by atoms with Gasteiger partial charge in [-0.05, 0) is 36.9 Å². The Hall–Kier alpha value is -1.42.